The summed E-state index contributed by atoms with van der Waals surface area (Å²) >= 11 is 0. The molecule has 138 valence electrons. The first-order valence-corrected chi connectivity index (χ1v) is 8.61. The molecule has 1 amide bonds. The third kappa shape index (κ3) is 3.55. The van der Waals surface area contributed by atoms with E-state index in [9.17, 15) is 9.59 Å². The molecule has 0 spiro atoms. The van der Waals surface area contributed by atoms with Crippen molar-refractivity contribution in [2.45, 2.75) is 56.9 Å². The molecule has 1 aliphatic carbocycles. The Morgan fingerprint density at radius 3 is 2.88 bits per heavy atom. The van der Waals surface area contributed by atoms with E-state index in [1.807, 2.05) is 16.4 Å². The number of carboxylic acids is 1. The predicted octanol–water partition coefficient (Wildman–Crippen LogP) is 0.831. The van der Waals surface area contributed by atoms with E-state index in [-0.39, 0.29) is 36.8 Å². The standard InChI is InChI=1S/C17H25N3O5/c1-12-18-6-8-19(12)10-15(21)20-7-5-17(24-2)4-3-13(9-14(17)20)25-11-16(22)23/h6,8,13-14H,3-5,7,9-11H2,1-2H3,(H,22,23)/t13-,14+,17-/m1/s1. The molecule has 2 aliphatic rings. The van der Waals surface area contributed by atoms with Crippen molar-refractivity contribution in [1.29, 1.82) is 0 Å². The molecule has 1 saturated heterocycles. The van der Waals surface area contributed by atoms with Crippen molar-refractivity contribution in [3.63, 3.8) is 0 Å². The van der Waals surface area contributed by atoms with E-state index in [1.54, 1.807) is 19.5 Å². The molecule has 25 heavy (non-hydrogen) atoms. The summed E-state index contributed by atoms with van der Waals surface area (Å²) in [5.41, 5.74) is -0.345. The fourth-order valence-corrected chi connectivity index (χ4v) is 4.11. The smallest absolute Gasteiger partial charge is 0.329 e. The number of carboxylic acid groups (broad SMARTS) is 1. The van der Waals surface area contributed by atoms with Crippen LogP contribution < -0.4 is 0 Å². The van der Waals surface area contributed by atoms with E-state index >= 15 is 0 Å². The first-order valence-electron chi connectivity index (χ1n) is 8.61. The Bertz CT molecular complexity index is 646. The lowest BCUT2D eigenvalue weighted by atomic mass is 9.79. The number of hydrogen-bond acceptors (Lipinski definition) is 5. The second kappa shape index (κ2) is 7.13. The molecule has 1 saturated carbocycles. The molecule has 0 radical (unpaired) electrons. The highest BCUT2D eigenvalue weighted by atomic mass is 16.5. The highest BCUT2D eigenvalue weighted by molar-refractivity contribution is 5.77. The van der Waals surface area contributed by atoms with Crippen LogP contribution in [0, 0.1) is 6.92 Å². The van der Waals surface area contributed by atoms with Crippen molar-refractivity contribution in [2.75, 3.05) is 20.3 Å². The number of hydrogen-bond donors (Lipinski definition) is 1. The summed E-state index contributed by atoms with van der Waals surface area (Å²) in [6, 6.07) is -0.0821. The van der Waals surface area contributed by atoms with Gasteiger partial charge in [-0.1, -0.05) is 0 Å². The molecule has 1 aliphatic heterocycles. The van der Waals surface area contributed by atoms with Gasteiger partial charge in [0.05, 0.1) is 17.7 Å². The number of amides is 1. The normalized spacial score (nSPS) is 28.8. The van der Waals surface area contributed by atoms with Crippen LogP contribution in [0.25, 0.3) is 0 Å². The zero-order chi connectivity index (χ0) is 18.0. The van der Waals surface area contributed by atoms with E-state index in [2.05, 4.69) is 4.98 Å². The average molecular weight is 351 g/mol. The molecule has 3 rings (SSSR count). The maximum Gasteiger partial charge on any atom is 0.329 e. The van der Waals surface area contributed by atoms with Crippen LogP contribution in [0.15, 0.2) is 12.4 Å². The number of carbonyl (C=O) groups excluding carboxylic acids is 1. The van der Waals surface area contributed by atoms with Crippen LogP contribution in [-0.2, 0) is 25.6 Å². The molecule has 2 fully saturated rings. The monoisotopic (exact) mass is 351 g/mol. The molecule has 0 aromatic carbocycles. The van der Waals surface area contributed by atoms with Crippen molar-refractivity contribution in [3.05, 3.63) is 18.2 Å². The van der Waals surface area contributed by atoms with Gasteiger partial charge in [-0.25, -0.2) is 9.78 Å². The van der Waals surface area contributed by atoms with Crippen LogP contribution in [-0.4, -0.2) is 69.4 Å². The minimum absolute atomic E-state index is 0.0314. The molecule has 3 atom stereocenters. The quantitative estimate of drug-likeness (QED) is 0.816. The minimum Gasteiger partial charge on any atom is -0.480 e. The molecular weight excluding hydrogens is 326 g/mol. The maximum atomic E-state index is 12.8. The predicted molar refractivity (Wildman–Crippen MR) is 88.0 cm³/mol. The highest BCUT2D eigenvalue weighted by Crippen LogP contribution is 2.43. The van der Waals surface area contributed by atoms with Crippen LogP contribution >= 0.6 is 0 Å². The van der Waals surface area contributed by atoms with Gasteiger partial charge in [-0.3, -0.25) is 4.79 Å². The third-order valence-electron chi connectivity index (χ3n) is 5.53. The lowest BCUT2D eigenvalue weighted by molar-refractivity contribution is -0.152. The van der Waals surface area contributed by atoms with Crippen molar-refractivity contribution < 1.29 is 24.2 Å². The van der Waals surface area contributed by atoms with E-state index in [0.29, 0.717) is 13.0 Å². The Morgan fingerprint density at radius 2 is 2.24 bits per heavy atom. The molecule has 0 bridgehead atoms. The molecule has 1 N–H and O–H groups in total. The van der Waals surface area contributed by atoms with Gasteiger partial charge in [0, 0.05) is 26.0 Å². The van der Waals surface area contributed by atoms with Gasteiger partial charge in [-0.2, -0.15) is 0 Å². The zero-order valence-electron chi connectivity index (χ0n) is 14.7. The SMILES string of the molecule is CO[C@@]12CC[C@@H](OCC(=O)O)C[C@@H]1N(C(=O)Cn1ccnc1C)CC2. The topological polar surface area (TPSA) is 93.9 Å². The van der Waals surface area contributed by atoms with Crippen molar-refractivity contribution in [3.8, 4) is 0 Å². The van der Waals surface area contributed by atoms with Gasteiger partial charge in [-0.05, 0) is 32.6 Å². The van der Waals surface area contributed by atoms with Gasteiger partial charge in [-0.15, -0.1) is 0 Å². The third-order valence-corrected chi connectivity index (χ3v) is 5.53. The van der Waals surface area contributed by atoms with Crippen LogP contribution in [0.3, 0.4) is 0 Å². The number of methoxy groups -OCH3 is 1. The Kier molecular flexibility index (Phi) is 5.10. The highest BCUT2D eigenvalue weighted by Gasteiger charge is 2.52. The van der Waals surface area contributed by atoms with Crippen LogP contribution in [0.2, 0.25) is 0 Å². The second-order valence-corrected chi connectivity index (χ2v) is 6.83. The van der Waals surface area contributed by atoms with E-state index in [0.717, 1.165) is 25.1 Å². The number of likely N-dealkylation sites (tertiary alicyclic amines) is 1. The number of nitrogens with zero attached hydrogens (tertiary/aromatic N) is 3. The Hall–Kier alpha value is -1.93. The van der Waals surface area contributed by atoms with Crippen LogP contribution in [0.1, 0.15) is 31.5 Å². The summed E-state index contributed by atoms with van der Waals surface area (Å²) in [5.74, 6) is -0.140. The average Bonchev–Trinajstić information content (AvgIpc) is 3.16. The fourth-order valence-electron chi connectivity index (χ4n) is 4.11. The summed E-state index contributed by atoms with van der Waals surface area (Å²) in [7, 11) is 1.69. The largest absolute Gasteiger partial charge is 0.480 e. The summed E-state index contributed by atoms with van der Waals surface area (Å²) in [4.78, 5) is 29.6. The number of aromatic nitrogens is 2. The first kappa shape index (κ1) is 17.9. The molecule has 8 heteroatoms. The van der Waals surface area contributed by atoms with Crippen molar-refractivity contribution in [1.82, 2.24) is 14.5 Å². The first-order chi connectivity index (χ1) is 11.9. The lowest BCUT2D eigenvalue weighted by Crippen LogP contribution is -2.53. The lowest BCUT2D eigenvalue weighted by Gasteiger charge is -2.43. The Labute approximate surface area is 146 Å². The number of carbonyl (C=O) groups is 2. The van der Waals surface area contributed by atoms with E-state index in [1.165, 1.54) is 0 Å². The molecule has 1 aromatic heterocycles. The van der Waals surface area contributed by atoms with Gasteiger partial charge in [0.1, 0.15) is 19.0 Å². The van der Waals surface area contributed by atoms with Gasteiger partial charge < -0.3 is 24.0 Å². The number of aliphatic carboxylic acids is 1. The molecule has 0 unspecified atom stereocenters. The second-order valence-electron chi connectivity index (χ2n) is 6.83. The molecule has 1 aromatic rings. The Morgan fingerprint density at radius 1 is 1.44 bits per heavy atom. The summed E-state index contributed by atoms with van der Waals surface area (Å²) < 4.78 is 13.1. The van der Waals surface area contributed by atoms with Crippen LogP contribution in [0.4, 0.5) is 0 Å². The van der Waals surface area contributed by atoms with E-state index in [4.69, 9.17) is 14.6 Å². The minimum atomic E-state index is -0.974. The maximum absolute atomic E-state index is 12.8. The fraction of sp³-hybridized carbons (Fsp3) is 0.706. The molecular formula is C17H25N3O5. The number of ether oxygens (including phenoxy) is 2. The summed E-state index contributed by atoms with van der Waals surface area (Å²) in [6.07, 6.45) is 6.25. The van der Waals surface area contributed by atoms with Crippen molar-refractivity contribution >= 4 is 11.9 Å². The summed E-state index contributed by atoms with van der Waals surface area (Å²) in [5, 5.41) is 8.82. The van der Waals surface area contributed by atoms with Gasteiger partial charge in [0.15, 0.2) is 0 Å². The van der Waals surface area contributed by atoms with Crippen LogP contribution in [0.5, 0.6) is 0 Å². The zero-order valence-corrected chi connectivity index (χ0v) is 14.7. The number of rotatable bonds is 6. The van der Waals surface area contributed by atoms with Gasteiger partial charge in [0.25, 0.3) is 0 Å². The molecule has 8 nitrogen and oxygen atoms in total. The van der Waals surface area contributed by atoms with Gasteiger partial charge in [0.2, 0.25) is 5.91 Å². The summed E-state index contributed by atoms with van der Waals surface area (Å²) in [6.45, 7) is 2.46. The number of fused-ring (bicyclic) bond motifs is 1. The Balaban J connectivity index is 1.70. The van der Waals surface area contributed by atoms with Crippen molar-refractivity contribution in [2.24, 2.45) is 0 Å². The molecule has 2 heterocycles. The number of imidazole rings is 1. The number of aryl methyl sites for hydroxylation is 1. The van der Waals surface area contributed by atoms with Gasteiger partial charge >= 0.3 is 5.97 Å². The van der Waals surface area contributed by atoms with E-state index < -0.39 is 5.97 Å².